The Morgan fingerprint density at radius 1 is 1.17 bits per heavy atom. The Morgan fingerprint density at radius 2 is 1.80 bits per heavy atom. The first-order valence-corrected chi connectivity index (χ1v) is 11.2. The summed E-state index contributed by atoms with van der Waals surface area (Å²) in [5, 5.41) is 6.65. The maximum Gasteiger partial charge on any atom is 0.253 e. The number of carbonyl (C=O) groups is 2. The lowest BCUT2D eigenvalue weighted by molar-refractivity contribution is -0.134. The molecule has 0 unspecified atom stereocenters. The molecule has 1 fully saturated rings. The van der Waals surface area contributed by atoms with E-state index in [1.807, 2.05) is 0 Å². The Labute approximate surface area is 180 Å². The van der Waals surface area contributed by atoms with E-state index in [1.54, 1.807) is 45.0 Å². The zero-order chi connectivity index (χ0) is 22.1. The lowest BCUT2D eigenvalue weighted by atomic mass is 10.2. The zero-order valence-corrected chi connectivity index (χ0v) is 18.5. The molecule has 0 radical (unpaired) electrons. The van der Waals surface area contributed by atoms with E-state index in [9.17, 15) is 18.0 Å². The van der Waals surface area contributed by atoms with E-state index in [-0.39, 0.29) is 48.3 Å². The lowest BCUT2D eigenvalue weighted by Gasteiger charge is -2.35. The first-order chi connectivity index (χ1) is 14.1. The van der Waals surface area contributed by atoms with Gasteiger partial charge in [0.05, 0.1) is 10.6 Å². The molecule has 1 aliphatic heterocycles. The Balaban J connectivity index is 1.61. The van der Waals surface area contributed by atoms with Crippen LogP contribution >= 0.6 is 11.6 Å². The van der Waals surface area contributed by atoms with Crippen LogP contribution in [-0.2, 0) is 14.8 Å². The maximum atomic E-state index is 12.9. The second kappa shape index (κ2) is 8.75. The van der Waals surface area contributed by atoms with Gasteiger partial charge in [-0.2, -0.15) is 4.31 Å². The summed E-state index contributed by atoms with van der Waals surface area (Å²) >= 11 is 6.02. The number of aryl methyl sites for hydroxylation is 2. The van der Waals surface area contributed by atoms with Gasteiger partial charge in [-0.3, -0.25) is 9.59 Å². The van der Waals surface area contributed by atoms with Crippen molar-refractivity contribution in [3.8, 4) is 0 Å². The van der Waals surface area contributed by atoms with Crippen molar-refractivity contribution in [2.75, 3.05) is 26.2 Å². The van der Waals surface area contributed by atoms with E-state index in [0.717, 1.165) is 0 Å². The molecule has 1 aliphatic rings. The Kier molecular flexibility index (Phi) is 6.49. The molecule has 0 bridgehead atoms. The number of hydrogen-bond donors (Lipinski definition) is 1. The molecule has 3 rings (SSSR count). The summed E-state index contributed by atoms with van der Waals surface area (Å²) in [6.45, 7) is 5.43. The van der Waals surface area contributed by atoms with Crippen LogP contribution in [0.5, 0.6) is 0 Å². The highest BCUT2D eigenvalue weighted by molar-refractivity contribution is 7.89. The first kappa shape index (κ1) is 22.3. The molecule has 0 aliphatic carbocycles. The highest BCUT2D eigenvalue weighted by Gasteiger charge is 2.35. The smallest absolute Gasteiger partial charge is 0.253 e. The molecule has 2 amide bonds. The minimum Gasteiger partial charge on any atom is -0.360 e. The van der Waals surface area contributed by atoms with Crippen molar-refractivity contribution in [2.45, 2.75) is 31.7 Å². The van der Waals surface area contributed by atoms with Crippen molar-refractivity contribution in [3.05, 3.63) is 46.3 Å². The van der Waals surface area contributed by atoms with Gasteiger partial charge in [0.15, 0.2) is 5.76 Å². The number of benzene rings is 1. The number of sulfonamides is 1. The molecule has 30 heavy (non-hydrogen) atoms. The molecule has 0 spiro atoms. The van der Waals surface area contributed by atoms with Crippen molar-refractivity contribution in [1.29, 1.82) is 0 Å². The molecule has 9 nitrogen and oxygen atoms in total. The quantitative estimate of drug-likeness (QED) is 0.734. The minimum absolute atomic E-state index is 0.0719. The molecule has 2 aromatic rings. The summed E-state index contributed by atoms with van der Waals surface area (Å²) in [4.78, 5) is 26.7. The van der Waals surface area contributed by atoms with Crippen LogP contribution in [0.4, 0.5) is 0 Å². The number of nitrogens with one attached hydrogen (secondary N) is 1. The number of amides is 2. The Bertz CT molecular complexity index is 1040. The molecule has 1 N–H and O–H groups in total. The fourth-order valence-corrected chi connectivity index (χ4v) is 5.31. The molecular formula is C19H23ClN4O5S. The standard InChI is InChI=1S/C19H23ClN4O5S/c1-12-17(14(3)29-22-12)30(27,28)24-10-8-23(9-11-24)19(26)13(2)21-18(25)15-6-4-5-7-16(15)20/h4-7,13H,8-11H2,1-3H3,(H,21,25)/t13-/m0/s1. The normalized spacial score (nSPS) is 16.3. The average molecular weight is 455 g/mol. The molecule has 1 saturated heterocycles. The third-order valence-corrected chi connectivity index (χ3v) is 7.43. The molecule has 1 aromatic heterocycles. The fraction of sp³-hybridized carbons (Fsp3) is 0.421. The number of aromatic nitrogens is 1. The summed E-state index contributed by atoms with van der Waals surface area (Å²) in [5.41, 5.74) is 0.594. The van der Waals surface area contributed by atoms with Gasteiger partial charge in [-0.25, -0.2) is 8.42 Å². The molecule has 2 heterocycles. The van der Waals surface area contributed by atoms with Crippen LogP contribution in [0.2, 0.25) is 5.02 Å². The van der Waals surface area contributed by atoms with Gasteiger partial charge in [0.25, 0.3) is 5.91 Å². The van der Waals surface area contributed by atoms with Gasteiger partial charge in [-0.15, -0.1) is 0 Å². The van der Waals surface area contributed by atoms with E-state index in [2.05, 4.69) is 10.5 Å². The summed E-state index contributed by atoms with van der Waals surface area (Å²) in [7, 11) is -3.75. The number of nitrogens with zero attached hydrogens (tertiary/aromatic N) is 3. The van der Waals surface area contributed by atoms with Crippen LogP contribution in [-0.4, -0.2) is 66.8 Å². The second-order valence-corrected chi connectivity index (χ2v) is 9.34. The first-order valence-electron chi connectivity index (χ1n) is 9.40. The number of halogens is 1. The van der Waals surface area contributed by atoms with Gasteiger partial charge in [-0.1, -0.05) is 28.9 Å². The van der Waals surface area contributed by atoms with Crippen LogP contribution < -0.4 is 5.32 Å². The largest absolute Gasteiger partial charge is 0.360 e. The van der Waals surface area contributed by atoms with Crippen molar-refractivity contribution in [3.63, 3.8) is 0 Å². The number of hydrogen-bond acceptors (Lipinski definition) is 6. The van der Waals surface area contributed by atoms with Gasteiger partial charge in [0.2, 0.25) is 15.9 Å². The lowest BCUT2D eigenvalue weighted by Crippen LogP contribution is -2.55. The van der Waals surface area contributed by atoms with Crippen molar-refractivity contribution in [2.24, 2.45) is 0 Å². The van der Waals surface area contributed by atoms with E-state index < -0.39 is 22.0 Å². The average Bonchev–Trinajstić information content (AvgIpc) is 3.06. The summed E-state index contributed by atoms with van der Waals surface area (Å²) in [6, 6.07) is 5.80. The number of rotatable bonds is 5. The van der Waals surface area contributed by atoms with Gasteiger partial charge in [0, 0.05) is 26.2 Å². The topological polar surface area (TPSA) is 113 Å². The van der Waals surface area contributed by atoms with Gasteiger partial charge >= 0.3 is 0 Å². The minimum atomic E-state index is -3.75. The summed E-state index contributed by atoms with van der Waals surface area (Å²) in [6.07, 6.45) is 0. The monoisotopic (exact) mass is 454 g/mol. The van der Waals surface area contributed by atoms with Crippen LogP contribution in [0, 0.1) is 13.8 Å². The van der Waals surface area contributed by atoms with Crippen molar-refractivity contribution >= 4 is 33.4 Å². The Hall–Kier alpha value is -2.43. The number of piperazine rings is 1. The van der Waals surface area contributed by atoms with Crippen molar-refractivity contribution in [1.82, 2.24) is 19.7 Å². The van der Waals surface area contributed by atoms with E-state index in [1.165, 1.54) is 9.21 Å². The molecule has 162 valence electrons. The third-order valence-electron chi connectivity index (χ3n) is 4.95. The Morgan fingerprint density at radius 3 is 2.37 bits per heavy atom. The van der Waals surface area contributed by atoms with Crippen molar-refractivity contribution < 1.29 is 22.5 Å². The molecular weight excluding hydrogens is 432 g/mol. The molecule has 0 saturated carbocycles. The van der Waals surface area contributed by atoms with Gasteiger partial charge in [0.1, 0.15) is 16.6 Å². The highest BCUT2D eigenvalue weighted by Crippen LogP contribution is 2.24. The summed E-state index contributed by atoms with van der Waals surface area (Å²) in [5.74, 6) is -0.493. The van der Waals surface area contributed by atoms with Crippen LogP contribution in [0.15, 0.2) is 33.7 Å². The van der Waals surface area contributed by atoms with E-state index in [4.69, 9.17) is 16.1 Å². The number of carbonyl (C=O) groups excluding carboxylic acids is 2. The zero-order valence-electron chi connectivity index (χ0n) is 16.9. The molecule has 1 atom stereocenters. The van der Waals surface area contributed by atoms with Crippen LogP contribution in [0.1, 0.15) is 28.7 Å². The van der Waals surface area contributed by atoms with E-state index >= 15 is 0 Å². The van der Waals surface area contributed by atoms with E-state index in [0.29, 0.717) is 10.7 Å². The second-order valence-electron chi connectivity index (χ2n) is 7.06. The SMILES string of the molecule is Cc1noc(C)c1S(=O)(=O)N1CCN(C(=O)[C@H](C)NC(=O)c2ccccc2Cl)CC1. The maximum absolute atomic E-state index is 12.9. The fourth-order valence-electron chi connectivity index (χ4n) is 3.38. The summed E-state index contributed by atoms with van der Waals surface area (Å²) < 4.78 is 32.1. The van der Waals surface area contributed by atoms with Crippen LogP contribution in [0.25, 0.3) is 0 Å². The van der Waals surface area contributed by atoms with Crippen LogP contribution in [0.3, 0.4) is 0 Å². The predicted molar refractivity (Wildman–Crippen MR) is 110 cm³/mol. The van der Waals surface area contributed by atoms with Gasteiger partial charge < -0.3 is 14.7 Å². The molecule has 1 aromatic carbocycles. The predicted octanol–water partition coefficient (Wildman–Crippen LogP) is 1.60. The van der Waals surface area contributed by atoms with Gasteiger partial charge in [-0.05, 0) is 32.9 Å². The molecule has 11 heteroatoms. The highest BCUT2D eigenvalue weighted by atomic mass is 35.5. The third kappa shape index (κ3) is 4.35.